The molecule has 1 amide bonds. The Labute approximate surface area is 163 Å². The molecule has 0 saturated carbocycles. The molecule has 0 bridgehead atoms. The summed E-state index contributed by atoms with van der Waals surface area (Å²) >= 11 is 0. The molecule has 0 spiro atoms. The monoisotopic (exact) mass is 455 g/mol. The standard InChI is InChI=1S/C16H33N5O2.HI/c1-5-17-16(18-10-14(4)12-22)21-8-6-20(7-9-21)11-15(23)19-13(2)3;/h13-14,22H,5-12H2,1-4H3,(H,17,18)(H,19,23);1H. The van der Waals surface area contributed by atoms with Crippen LogP contribution in [0.25, 0.3) is 0 Å². The van der Waals surface area contributed by atoms with Gasteiger partial charge < -0.3 is 20.6 Å². The third kappa shape index (κ3) is 9.03. The lowest BCUT2D eigenvalue weighted by atomic mass is 10.2. The predicted octanol–water partition coefficient (Wildman–Crippen LogP) is 0.341. The van der Waals surface area contributed by atoms with Gasteiger partial charge in [-0.3, -0.25) is 14.7 Å². The zero-order chi connectivity index (χ0) is 17.2. The fourth-order valence-electron chi connectivity index (χ4n) is 2.41. The zero-order valence-corrected chi connectivity index (χ0v) is 17.7. The maximum atomic E-state index is 11.8. The highest BCUT2D eigenvalue weighted by atomic mass is 127. The van der Waals surface area contributed by atoms with Crippen LogP contribution in [0.2, 0.25) is 0 Å². The maximum Gasteiger partial charge on any atom is 0.234 e. The minimum absolute atomic E-state index is 0. The number of hydrogen-bond acceptors (Lipinski definition) is 4. The molecule has 1 aliphatic rings. The van der Waals surface area contributed by atoms with Crippen molar-refractivity contribution in [2.24, 2.45) is 10.9 Å². The van der Waals surface area contributed by atoms with Crippen LogP contribution < -0.4 is 10.6 Å². The van der Waals surface area contributed by atoms with Gasteiger partial charge in [-0.15, -0.1) is 24.0 Å². The molecule has 1 saturated heterocycles. The number of piperazine rings is 1. The van der Waals surface area contributed by atoms with Gasteiger partial charge >= 0.3 is 0 Å². The number of hydrogen-bond donors (Lipinski definition) is 3. The lowest BCUT2D eigenvalue weighted by Gasteiger charge is -2.36. The van der Waals surface area contributed by atoms with Crippen LogP contribution in [0.15, 0.2) is 4.99 Å². The molecule has 1 rings (SSSR count). The Morgan fingerprint density at radius 3 is 2.33 bits per heavy atom. The Balaban J connectivity index is 0.00000529. The fourth-order valence-corrected chi connectivity index (χ4v) is 2.41. The number of halogens is 1. The molecule has 0 aliphatic carbocycles. The second-order valence-corrected chi connectivity index (χ2v) is 6.47. The largest absolute Gasteiger partial charge is 0.396 e. The molecule has 142 valence electrons. The highest BCUT2D eigenvalue weighted by Crippen LogP contribution is 2.03. The van der Waals surface area contributed by atoms with E-state index in [1.165, 1.54) is 0 Å². The third-order valence-corrected chi connectivity index (χ3v) is 3.69. The molecule has 8 heteroatoms. The summed E-state index contributed by atoms with van der Waals surface area (Å²) in [5.41, 5.74) is 0. The molecule has 7 nitrogen and oxygen atoms in total. The smallest absolute Gasteiger partial charge is 0.234 e. The quantitative estimate of drug-likeness (QED) is 0.293. The van der Waals surface area contributed by atoms with Crippen LogP contribution in [0.4, 0.5) is 0 Å². The molecule has 3 N–H and O–H groups in total. The lowest BCUT2D eigenvalue weighted by Crippen LogP contribution is -2.54. The van der Waals surface area contributed by atoms with Crippen molar-refractivity contribution in [1.82, 2.24) is 20.4 Å². The molecular weight excluding hydrogens is 421 g/mol. The first kappa shape index (κ1) is 23.4. The van der Waals surface area contributed by atoms with Gasteiger partial charge in [0.15, 0.2) is 5.96 Å². The first-order valence-electron chi connectivity index (χ1n) is 8.62. The van der Waals surface area contributed by atoms with E-state index < -0.39 is 0 Å². The first-order chi connectivity index (χ1) is 11.0. The summed E-state index contributed by atoms with van der Waals surface area (Å²) in [7, 11) is 0. The molecule has 0 radical (unpaired) electrons. The normalized spacial score (nSPS) is 17.4. The summed E-state index contributed by atoms with van der Waals surface area (Å²) in [6.07, 6.45) is 0. The van der Waals surface area contributed by atoms with Crippen molar-refractivity contribution in [2.45, 2.75) is 33.7 Å². The number of aliphatic hydroxyl groups excluding tert-OH is 1. The lowest BCUT2D eigenvalue weighted by molar-refractivity contribution is -0.123. The number of carbonyl (C=O) groups excluding carboxylic acids is 1. The van der Waals surface area contributed by atoms with E-state index in [2.05, 4.69) is 32.3 Å². The van der Waals surface area contributed by atoms with Gasteiger partial charge in [-0.25, -0.2) is 0 Å². The average Bonchev–Trinajstić information content (AvgIpc) is 2.51. The van der Waals surface area contributed by atoms with Crippen molar-refractivity contribution >= 4 is 35.8 Å². The van der Waals surface area contributed by atoms with E-state index in [4.69, 9.17) is 5.11 Å². The first-order valence-corrected chi connectivity index (χ1v) is 8.62. The highest BCUT2D eigenvalue weighted by Gasteiger charge is 2.21. The molecule has 1 fully saturated rings. The van der Waals surface area contributed by atoms with E-state index >= 15 is 0 Å². The predicted molar refractivity (Wildman–Crippen MR) is 109 cm³/mol. The molecule has 0 aromatic carbocycles. The van der Waals surface area contributed by atoms with Crippen LogP contribution in [0.5, 0.6) is 0 Å². The SMILES string of the molecule is CCNC(=NCC(C)CO)N1CCN(CC(=O)NC(C)C)CC1.I. The van der Waals surface area contributed by atoms with E-state index in [0.29, 0.717) is 13.1 Å². The molecular formula is C16H34IN5O2. The van der Waals surface area contributed by atoms with Crippen molar-refractivity contribution in [1.29, 1.82) is 0 Å². The summed E-state index contributed by atoms with van der Waals surface area (Å²) in [6.45, 7) is 13.5. The highest BCUT2D eigenvalue weighted by molar-refractivity contribution is 14.0. The second kappa shape index (κ2) is 12.7. The number of carbonyl (C=O) groups is 1. The summed E-state index contributed by atoms with van der Waals surface area (Å²) < 4.78 is 0. The summed E-state index contributed by atoms with van der Waals surface area (Å²) in [5.74, 6) is 1.16. The van der Waals surface area contributed by atoms with E-state index in [0.717, 1.165) is 38.7 Å². The van der Waals surface area contributed by atoms with Crippen LogP contribution in [-0.2, 0) is 4.79 Å². The fraction of sp³-hybridized carbons (Fsp3) is 0.875. The molecule has 1 aliphatic heterocycles. The van der Waals surface area contributed by atoms with E-state index in [1.807, 2.05) is 20.8 Å². The number of rotatable bonds is 7. The molecule has 0 aromatic heterocycles. The van der Waals surface area contributed by atoms with Gasteiger partial charge in [0.2, 0.25) is 5.91 Å². The minimum Gasteiger partial charge on any atom is -0.396 e. The number of aliphatic imine (C=N–C) groups is 1. The molecule has 0 aromatic rings. The Bertz CT molecular complexity index is 385. The van der Waals surface area contributed by atoms with Crippen molar-refractivity contribution in [3.05, 3.63) is 0 Å². The number of amides is 1. The van der Waals surface area contributed by atoms with E-state index in [9.17, 15) is 4.79 Å². The van der Waals surface area contributed by atoms with Crippen LogP contribution in [0.3, 0.4) is 0 Å². The second-order valence-electron chi connectivity index (χ2n) is 6.47. The van der Waals surface area contributed by atoms with Crippen molar-refractivity contribution in [3.63, 3.8) is 0 Å². The van der Waals surface area contributed by atoms with Gasteiger partial charge in [-0.1, -0.05) is 6.92 Å². The number of nitrogens with zero attached hydrogens (tertiary/aromatic N) is 3. The van der Waals surface area contributed by atoms with Gasteiger partial charge in [0.1, 0.15) is 0 Å². The van der Waals surface area contributed by atoms with Gasteiger partial charge in [-0.05, 0) is 26.7 Å². The Morgan fingerprint density at radius 1 is 1.21 bits per heavy atom. The molecule has 24 heavy (non-hydrogen) atoms. The third-order valence-electron chi connectivity index (χ3n) is 3.69. The molecule has 1 atom stereocenters. The Hall–Kier alpha value is -0.610. The van der Waals surface area contributed by atoms with Crippen LogP contribution in [-0.4, -0.2) is 85.2 Å². The molecule has 1 unspecified atom stereocenters. The van der Waals surface area contributed by atoms with Crippen LogP contribution in [0.1, 0.15) is 27.7 Å². The average molecular weight is 455 g/mol. The maximum absolute atomic E-state index is 11.8. The van der Waals surface area contributed by atoms with Gasteiger partial charge in [0.25, 0.3) is 0 Å². The summed E-state index contributed by atoms with van der Waals surface area (Å²) in [5, 5.41) is 15.4. The summed E-state index contributed by atoms with van der Waals surface area (Å²) in [6, 6.07) is 0.185. The van der Waals surface area contributed by atoms with Gasteiger partial charge in [0, 0.05) is 51.9 Å². The van der Waals surface area contributed by atoms with E-state index in [-0.39, 0.29) is 48.5 Å². The van der Waals surface area contributed by atoms with Gasteiger partial charge in [0.05, 0.1) is 6.54 Å². The Kier molecular flexibility index (Phi) is 12.4. The van der Waals surface area contributed by atoms with Crippen LogP contribution >= 0.6 is 24.0 Å². The summed E-state index contributed by atoms with van der Waals surface area (Å²) in [4.78, 5) is 20.8. The van der Waals surface area contributed by atoms with Crippen molar-refractivity contribution in [3.8, 4) is 0 Å². The van der Waals surface area contributed by atoms with Gasteiger partial charge in [-0.2, -0.15) is 0 Å². The number of aliphatic hydroxyl groups is 1. The Morgan fingerprint density at radius 2 is 1.83 bits per heavy atom. The zero-order valence-electron chi connectivity index (χ0n) is 15.4. The van der Waals surface area contributed by atoms with Crippen LogP contribution in [0, 0.1) is 5.92 Å². The topological polar surface area (TPSA) is 80.2 Å². The van der Waals surface area contributed by atoms with Crippen molar-refractivity contribution in [2.75, 3.05) is 52.4 Å². The number of guanidine groups is 1. The van der Waals surface area contributed by atoms with Crippen molar-refractivity contribution < 1.29 is 9.90 Å². The molecule has 1 heterocycles. The van der Waals surface area contributed by atoms with E-state index in [1.54, 1.807) is 0 Å². The minimum atomic E-state index is 0. The number of nitrogens with one attached hydrogen (secondary N) is 2.